The zero-order valence-electron chi connectivity index (χ0n) is 14.0. The molecule has 0 saturated heterocycles. The van der Waals surface area contributed by atoms with Crippen molar-refractivity contribution in [3.8, 4) is 0 Å². The average Bonchev–Trinajstić information content (AvgIpc) is 2.65. The Morgan fingerprint density at radius 1 is 1.00 bits per heavy atom. The number of halogens is 2. The van der Waals surface area contributed by atoms with Crippen molar-refractivity contribution in [1.82, 2.24) is 9.97 Å². The third-order valence-electron chi connectivity index (χ3n) is 3.98. The molecule has 6 heteroatoms. The average molecular weight is 342 g/mol. The van der Waals surface area contributed by atoms with Gasteiger partial charge in [-0.05, 0) is 30.7 Å². The Hall–Kier alpha value is -2.76. The predicted octanol–water partition coefficient (Wildman–Crippen LogP) is 4.51. The van der Waals surface area contributed by atoms with Crippen LogP contribution in [-0.4, -0.2) is 30.1 Å². The van der Waals surface area contributed by atoms with Crippen molar-refractivity contribution in [2.24, 2.45) is 0 Å². The summed E-state index contributed by atoms with van der Waals surface area (Å²) in [7, 11) is 2.03. The highest BCUT2D eigenvalue weighted by Crippen LogP contribution is 2.24. The minimum atomic E-state index is -2.69. The Labute approximate surface area is 145 Å². The molecule has 0 radical (unpaired) electrons. The van der Waals surface area contributed by atoms with Crippen molar-refractivity contribution in [2.75, 3.05) is 30.4 Å². The van der Waals surface area contributed by atoms with E-state index in [9.17, 15) is 8.78 Å². The highest BCUT2D eigenvalue weighted by atomic mass is 19.3. The molecule has 1 aromatic heterocycles. The van der Waals surface area contributed by atoms with E-state index in [1.54, 1.807) is 12.1 Å². The molecule has 0 amide bonds. The van der Waals surface area contributed by atoms with Gasteiger partial charge in [0.25, 0.3) is 6.43 Å². The molecule has 1 N–H and O–H groups in total. The summed E-state index contributed by atoms with van der Waals surface area (Å²) in [6, 6.07) is 17.3. The molecule has 0 aliphatic carbocycles. The molecule has 0 saturated carbocycles. The van der Waals surface area contributed by atoms with E-state index in [0.717, 1.165) is 24.0 Å². The molecule has 25 heavy (non-hydrogen) atoms. The fraction of sp³-hybridized carbons (Fsp3) is 0.263. The van der Waals surface area contributed by atoms with E-state index in [1.165, 1.54) is 0 Å². The van der Waals surface area contributed by atoms with Crippen molar-refractivity contribution >= 4 is 22.4 Å². The van der Waals surface area contributed by atoms with Gasteiger partial charge in [0.15, 0.2) is 5.82 Å². The second kappa shape index (κ2) is 7.88. The van der Waals surface area contributed by atoms with Gasteiger partial charge in [0.2, 0.25) is 0 Å². The molecule has 0 aliphatic heterocycles. The van der Waals surface area contributed by atoms with Crippen LogP contribution in [0.4, 0.5) is 20.3 Å². The standard InChI is InChI=1S/C19H20F2N4/c1-25(14-8-3-2-4-9-14)13-7-12-22-18-15-10-5-6-11-16(15)23-19(24-18)17(20)21/h2-6,8-11,17H,7,12-13H2,1H3,(H,22,23,24). The number of hydrogen-bond donors (Lipinski definition) is 1. The summed E-state index contributed by atoms with van der Waals surface area (Å²) >= 11 is 0. The molecular weight excluding hydrogens is 322 g/mol. The molecule has 130 valence electrons. The van der Waals surface area contributed by atoms with Crippen molar-refractivity contribution in [3.05, 3.63) is 60.4 Å². The van der Waals surface area contributed by atoms with Gasteiger partial charge in [0, 0.05) is 31.2 Å². The summed E-state index contributed by atoms with van der Waals surface area (Å²) in [4.78, 5) is 10.1. The van der Waals surface area contributed by atoms with E-state index in [2.05, 4.69) is 32.3 Å². The Bertz CT molecular complexity index is 824. The van der Waals surface area contributed by atoms with Crippen LogP contribution in [0.25, 0.3) is 10.9 Å². The third kappa shape index (κ3) is 4.21. The highest BCUT2D eigenvalue weighted by molar-refractivity contribution is 5.88. The van der Waals surface area contributed by atoms with Crippen LogP contribution in [0.5, 0.6) is 0 Å². The number of nitrogens with one attached hydrogen (secondary N) is 1. The van der Waals surface area contributed by atoms with Crippen molar-refractivity contribution in [2.45, 2.75) is 12.8 Å². The van der Waals surface area contributed by atoms with E-state index in [4.69, 9.17) is 0 Å². The summed E-state index contributed by atoms with van der Waals surface area (Å²) in [6.07, 6.45) is -1.83. The Morgan fingerprint density at radius 3 is 2.48 bits per heavy atom. The predicted molar refractivity (Wildman–Crippen MR) is 97.3 cm³/mol. The number of para-hydroxylation sites is 2. The van der Waals surface area contributed by atoms with Crippen LogP contribution in [0.15, 0.2) is 54.6 Å². The van der Waals surface area contributed by atoms with Crippen LogP contribution in [0.1, 0.15) is 18.7 Å². The third-order valence-corrected chi connectivity index (χ3v) is 3.98. The van der Waals surface area contributed by atoms with Crippen LogP contribution in [0.2, 0.25) is 0 Å². The van der Waals surface area contributed by atoms with E-state index >= 15 is 0 Å². The lowest BCUT2D eigenvalue weighted by molar-refractivity contribution is 0.141. The molecule has 0 spiro atoms. The lowest BCUT2D eigenvalue weighted by atomic mass is 10.2. The maximum absolute atomic E-state index is 13.0. The molecule has 0 unspecified atom stereocenters. The number of rotatable bonds is 7. The van der Waals surface area contributed by atoms with Crippen LogP contribution >= 0.6 is 0 Å². The van der Waals surface area contributed by atoms with E-state index in [0.29, 0.717) is 17.9 Å². The minimum absolute atomic E-state index is 0.442. The fourth-order valence-electron chi connectivity index (χ4n) is 2.66. The van der Waals surface area contributed by atoms with Crippen LogP contribution < -0.4 is 10.2 Å². The lowest BCUT2D eigenvalue weighted by Gasteiger charge is -2.19. The minimum Gasteiger partial charge on any atom is -0.375 e. The largest absolute Gasteiger partial charge is 0.375 e. The molecular formula is C19H20F2N4. The first-order chi connectivity index (χ1) is 12.1. The van der Waals surface area contributed by atoms with Crippen LogP contribution in [0, 0.1) is 0 Å². The first kappa shape index (κ1) is 17.1. The Morgan fingerprint density at radius 2 is 1.72 bits per heavy atom. The molecule has 1 heterocycles. The lowest BCUT2D eigenvalue weighted by Crippen LogP contribution is -2.21. The number of hydrogen-bond acceptors (Lipinski definition) is 4. The molecule has 0 bridgehead atoms. The van der Waals surface area contributed by atoms with Gasteiger partial charge in [-0.3, -0.25) is 0 Å². The van der Waals surface area contributed by atoms with E-state index < -0.39 is 12.2 Å². The molecule has 0 atom stereocenters. The molecule has 0 fully saturated rings. The summed E-state index contributed by atoms with van der Waals surface area (Å²) in [5.74, 6) is 0.0193. The van der Waals surface area contributed by atoms with Crippen molar-refractivity contribution < 1.29 is 8.78 Å². The summed E-state index contributed by atoms with van der Waals surface area (Å²) in [5, 5.41) is 3.93. The van der Waals surface area contributed by atoms with Crippen LogP contribution in [0.3, 0.4) is 0 Å². The fourth-order valence-corrected chi connectivity index (χ4v) is 2.66. The maximum atomic E-state index is 13.0. The topological polar surface area (TPSA) is 41.0 Å². The molecule has 0 aliphatic rings. The quantitative estimate of drug-likeness (QED) is 0.642. The van der Waals surface area contributed by atoms with Gasteiger partial charge >= 0.3 is 0 Å². The molecule has 3 aromatic rings. The molecule has 4 nitrogen and oxygen atoms in total. The van der Waals surface area contributed by atoms with Gasteiger partial charge in [0.1, 0.15) is 5.82 Å². The smallest absolute Gasteiger partial charge is 0.297 e. The maximum Gasteiger partial charge on any atom is 0.297 e. The van der Waals surface area contributed by atoms with Gasteiger partial charge in [-0.15, -0.1) is 0 Å². The first-order valence-corrected chi connectivity index (χ1v) is 8.20. The highest BCUT2D eigenvalue weighted by Gasteiger charge is 2.14. The summed E-state index contributed by atoms with van der Waals surface area (Å²) in [6.45, 7) is 1.49. The van der Waals surface area contributed by atoms with E-state index in [-0.39, 0.29) is 0 Å². The van der Waals surface area contributed by atoms with Crippen molar-refractivity contribution in [1.29, 1.82) is 0 Å². The van der Waals surface area contributed by atoms with Crippen molar-refractivity contribution in [3.63, 3.8) is 0 Å². The zero-order chi connectivity index (χ0) is 17.6. The number of nitrogens with zero attached hydrogens (tertiary/aromatic N) is 3. The second-order valence-corrected chi connectivity index (χ2v) is 5.79. The number of fused-ring (bicyclic) bond motifs is 1. The van der Waals surface area contributed by atoms with Gasteiger partial charge in [-0.25, -0.2) is 18.7 Å². The summed E-state index contributed by atoms with van der Waals surface area (Å²) < 4.78 is 26.0. The van der Waals surface area contributed by atoms with E-state index in [1.807, 2.05) is 37.4 Å². The van der Waals surface area contributed by atoms with Gasteiger partial charge < -0.3 is 10.2 Å². The monoisotopic (exact) mass is 342 g/mol. The molecule has 2 aromatic carbocycles. The zero-order valence-corrected chi connectivity index (χ0v) is 14.0. The number of alkyl halides is 2. The Balaban J connectivity index is 1.65. The normalized spacial score (nSPS) is 11.0. The van der Waals surface area contributed by atoms with Gasteiger partial charge in [-0.1, -0.05) is 30.3 Å². The van der Waals surface area contributed by atoms with Gasteiger partial charge in [0.05, 0.1) is 5.52 Å². The van der Waals surface area contributed by atoms with Gasteiger partial charge in [-0.2, -0.15) is 0 Å². The number of aromatic nitrogens is 2. The number of anilines is 2. The molecule has 3 rings (SSSR count). The van der Waals surface area contributed by atoms with Crippen LogP contribution in [-0.2, 0) is 0 Å². The first-order valence-electron chi connectivity index (χ1n) is 8.20. The SMILES string of the molecule is CN(CCCNc1nc(C(F)F)nc2ccccc12)c1ccccc1. The second-order valence-electron chi connectivity index (χ2n) is 5.79. The summed E-state index contributed by atoms with van der Waals surface area (Å²) in [5.41, 5.74) is 1.67. The number of benzene rings is 2. The Kier molecular flexibility index (Phi) is 5.38.